The number of benzene rings is 1. The summed E-state index contributed by atoms with van der Waals surface area (Å²) in [7, 11) is 0. The Hall–Kier alpha value is -2.23. The first kappa shape index (κ1) is 23.2. The molecule has 4 fully saturated rings. The van der Waals surface area contributed by atoms with E-state index < -0.39 is 0 Å². The molecule has 4 aliphatic rings. The Bertz CT molecular complexity index is 999. The molecule has 2 atom stereocenters. The molecule has 0 radical (unpaired) electrons. The third kappa shape index (κ3) is 4.78. The minimum Gasteiger partial charge on any atom is -0.490 e. The maximum atomic E-state index is 14.2. The minimum absolute atomic E-state index is 0.103. The normalized spacial score (nSPS) is 29.7. The molecule has 3 aliphatic heterocycles. The molecule has 3 saturated heterocycles. The van der Waals surface area contributed by atoms with E-state index in [-0.39, 0.29) is 23.6 Å². The number of likely N-dealkylation sites (tertiary alicyclic amines) is 1. The molecule has 1 aromatic carbocycles. The van der Waals surface area contributed by atoms with Gasteiger partial charge in [-0.2, -0.15) is 0 Å². The van der Waals surface area contributed by atoms with Gasteiger partial charge in [-0.3, -0.25) is 4.90 Å². The van der Waals surface area contributed by atoms with Gasteiger partial charge in [-0.1, -0.05) is 5.10 Å². The fourth-order valence-corrected chi connectivity index (χ4v) is 6.51. The molecule has 0 bridgehead atoms. The second-order valence-corrected chi connectivity index (χ2v) is 11.1. The van der Waals surface area contributed by atoms with Gasteiger partial charge in [0.1, 0.15) is 17.2 Å². The molecule has 35 heavy (non-hydrogen) atoms. The fourth-order valence-electron chi connectivity index (χ4n) is 6.51. The number of halogens is 1. The van der Waals surface area contributed by atoms with Crippen molar-refractivity contribution in [3.63, 3.8) is 0 Å². The fraction of sp³-hybridized carbons (Fsp3) is 0.692. The Morgan fingerprint density at radius 1 is 1.26 bits per heavy atom. The molecule has 6 rings (SSSR count). The van der Waals surface area contributed by atoms with Crippen LogP contribution in [0.3, 0.4) is 0 Å². The van der Waals surface area contributed by atoms with E-state index in [0.717, 1.165) is 82.6 Å². The summed E-state index contributed by atoms with van der Waals surface area (Å²) in [6.45, 7) is 6.16. The SMILES string of the molecule is CC(O)CC1CC(Oc2ccc(F)cc2C2CCN([C@@H]3COC4(C3)CN(c3nnco3)C4)CC2)C1. The molecular formula is C26H35FN4O4. The first-order valence-corrected chi connectivity index (χ1v) is 13.0. The molecule has 2 aromatic rings. The number of hydrogen-bond acceptors (Lipinski definition) is 8. The van der Waals surface area contributed by atoms with Crippen molar-refractivity contribution >= 4 is 6.01 Å². The lowest BCUT2D eigenvalue weighted by Gasteiger charge is -2.46. The lowest BCUT2D eigenvalue weighted by molar-refractivity contribution is -0.0216. The second-order valence-electron chi connectivity index (χ2n) is 11.1. The van der Waals surface area contributed by atoms with Crippen molar-refractivity contribution in [1.29, 1.82) is 0 Å². The zero-order valence-electron chi connectivity index (χ0n) is 20.3. The van der Waals surface area contributed by atoms with Gasteiger partial charge in [0.25, 0.3) is 0 Å². The van der Waals surface area contributed by atoms with Gasteiger partial charge in [-0.05, 0) is 88.6 Å². The number of hydrogen-bond donors (Lipinski definition) is 1. The number of aliphatic hydroxyl groups is 1. The van der Waals surface area contributed by atoms with Crippen LogP contribution in [0.1, 0.15) is 56.9 Å². The van der Waals surface area contributed by atoms with E-state index in [1.54, 1.807) is 12.1 Å². The van der Waals surface area contributed by atoms with E-state index in [1.807, 2.05) is 6.92 Å². The van der Waals surface area contributed by atoms with Crippen LogP contribution in [-0.2, 0) is 4.74 Å². The highest BCUT2D eigenvalue weighted by Gasteiger charge is 2.52. The van der Waals surface area contributed by atoms with Gasteiger partial charge in [0, 0.05) is 11.6 Å². The summed E-state index contributed by atoms with van der Waals surface area (Å²) in [4.78, 5) is 4.62. The van der Waals surface area contributed by atoms with E-state index >= 15 is 0 Å². The van der Waals surface area contributed by atoms with Crippen LogP contribution < -0.4 is 9.64 Å². The Balaban J connectivity index is 1.02. The third-order valence-corrected chi connectivity index (χ3v) is 8.38. The number of nitrogens with zero attached hydrogens (tertiary/aromatic N) is 4. The highest BCUT2D eigenvalue weighted by atomic mass is 19.1. The van der Waals surface area contributed by atoms with Crippen LogP contribution in [0, 0.1) is 11.7 Å². The molecule has 4 heterocycles. The van der Waals surface area contributed by atoms with Crippen LogP contribution in [0.4, 0.5) is 10.4 Å². The smallest absolute Gasteiger partial charge is 0.318 e. The predicted octanol–water partition coefficient (Wildman–Crippen LogP) is 3.36. The van der Waals surface area contributed by atoms with E-state index in [1.165, 1.54) is 12.5 Å². The maximum Gasteiger partial charge on any atom is 0.318 e. The topological polar surface area (TPSA) is 84.1 Å². The Labute approximate surface area is 205 Å². The Kier molecular flexibility index (Phi) is 6.18. The van der Waals surface area contributed by atoms with Crippen LogP contribution in [0.25, 0.3) is 0 Å². The quantitative estimate of drug-likeness (QED) is 0.638. The van der Waals surface area contributed by atoms with Gasteiger partial charge >= 0.3 is 6.01 Å². The van der Waals surface area contributed by atoms with Gasteiger partial charge in [-0.15, -0.1) is 5.10 Å². The lowest BCUT2D eigenvalue weighted by atomic mass is 9.78. The van der Waals surface area contributed by atoms with Crippen LogP contribution in [0.2, 0.25) is 0 Å². The van der Waals surface area contributed by atoms with Crippen molar-refractivity contribution in [3.8, 4) is 5.75 Å². The summed E-state index contributed by atoms with van der Waals surface area (Å²) in [6, 6.07) is 5.97. The third-order valence-electron chi connectivity index (χ3n) is 8.38. The number of aliphatic hydroxyl groups excluding tert-OH is 1. The van der Waals surface area contributed by atoms with Gasteiger partial charge in [0.15, 0.2) is 0 Å². The molecule has 8 nitrogen and oxygen atoms in total. The molecule has 1 saturated carbocycles. The summed E-state index contributed by atoms with van der Waals surface area (Å²) < 4.78 is 32.1. The summed E-state index contributed by atoms with van der Waals surface area (Å²) in [6.07, 6.45) is 7.03. The molecule has 190 valence electrons. The first-order chi connectivity index (χ1) is 17.0. The number of anilines is 1. The second kappa shape index (κ2) is 9.33. The highest BCUT2D eigenvalue weighted by Crippen LogP contribution is 2.42. The summed E-state index contributed by atoms with van der Waals surface area (Å²) >= 11 is 0. The molecule has 0 amide bonds. The van der Waals surface area contributed by atoms with Gasteiger partial charge in [0.05, 0.1) is 31.9 Å². The zero-order valence-corrected chi connectivity index (χ0v) is 20.3. The van der Waals surface area contributed by atoms with Crippen molar-refractivity contribution in [2.75, 3.05) is 37.7 Å². The average molecular weight is 487 g/mol. The number of piperidine rings is 1. The average Bonchev–Trinajstić information content (AvgIpc) is 3.48. The van der Waals surface area contributed by atoms with Gasteiger partial charge < -0.3 is 23.9 Å². The number of aromatic nitrogens is 2. The van der Waals surface area contributed by atoms with E-state index in [9.17, 15) is 9.50 Å². The monoisotopic (exact) mass is 486 g/mol. The summed E-state index contributed by atoms with van der Waals surface area (Å²) in [5.41, 5.74) is 0.908. The van der Waals surface area contributed by atoms with Crippen LogP contribution in [0.15, 0.2) is 29.0 Å². The molecule has 1 N–H and O–H groups in total. The summed E-state index contributed by atoms with van der Waals surface area (Å²) in [5.74, 6) is 1.47. The van der Waals surface area contributed by atoms with Crippen molar-refractivity contribution in [2.45, 2.75) is 75.2 Å². The highest BCUT2D eigenvalue weighted by molar-refractivity contribution is 5.38. The molecule has 1 spiro atoms. The first-order valence-electron chi connectivity index (χ1n) is 13.0. The molecule has 1 aromatic heterocycles. The molecule has 1 aliphatic carbocycles. The van der Waals surface area contributed by atoms with E-state index in [0.29, 0.717) is 23.9 Å². The lowest BCUT2D eigenvalue weighted by Crippen LogP contribution is -2.62. The molecule has 9 heteroatoms. The van der Waals surface area contributed by atoms with E-state index in [2.05, 4.69) is 20.0 Å². The zero-order chi connectivity index (χ0) is 24.0. The van der Waals surface area contributed by atoms with E-state index in [4.69, 9.17) is 13.9 Å². The standard InChI is InChI=1S/C26H35FN4O4/c1-17(32)8-18-9-22(10-18)35-24-3-2-20(27)11-23(24)19-4-6-30(7-5-19)21-12-26(34-13-21)14-31(15-26)25-29-28-16-33-25/h2-3,11,16-19,21-22,32H,4-10,12-15H2,1H3/t17?,18?,21-,22?/m0/s1. The van der Waals surface area contributed by atoms with Crippen LogP contribution >= 0.6 is 0 Å². The van der Waals surface area contributed by atoms with Crippen LogP contribution in [0.5, 0.6) is 5.75 Å². The van der Waals surface area contributed by atoms with Gasteiger partial charge in [0.2, 0.25) is 6.39 Å². The van der Waals surface area contributed by atoms with Crippen LogP contribution in [-0.4, -0.2) is 76.8 Å². The van der Waals surface area contributed by atoms with Gasteiger partial charge in [-0.25, -0.2) is 4.39 Å². The number of rotatable bonds is 7. The van der Waals surface area contributed by atoms with Crippen molar-refractivity contribution in [2.24, 2.45) is 5.92 Å². The van der Waals surface area contributed by atoms with Crippen molar-refractivity contribution in [3.05, 3.63) is 36.0 Å². The maximum absolute atomic E-state index is 14.2. The molecular weight excluding hydrogens is 451 g/mol. The largest absolute Gasteiger partial charge is 0.490 e. The predicted molar refractivity (Wildman–Crippen MR) is 127 cm³/mol. The summed E-state index contributed by atoms with van der Waals surface area (Å²) in [5, 5.41) is 17.4. The Morgan fingerprint density at radius 3 is 2.77 bits per heavy atom. The minimum atomic E-state index is -0.263. The Morgan fingerprint density at radius 2 is 2.06 bits per heavy atom. The number of ether oxygens (including phenoxy) is 2. The molecule has 1 unspecified atom stereocenters. The van der Waals surface area contributed by atoms with Crippen molar-refractivity contribution in [1.82, 2.24) is 15.1 Å². The van der Waals surface area contributed by atoms with Crippen molar-refractivity contribution < 1.29 is 23.4 Å².